The van der Waals surface area contributed by atoms with E-state index >= 15 is 0 Å². The summed E-state index contributed by atoms with van der Waals surface area (Å²) >= 11 is 1.89. The Kier molecular flexibility index (Phi) is 18.3. The maximum atomic E-state index is 4.31. The highest BCUT2D eigenvalue weighted by Gasteiger charge is 2.13. The number of anilines is 1. The van der Waals surface area contributed by atoms with Crippen LogP contribution >= 0.6 is 11.3 Å². The van der Waals surface area contributed by atoms with Crippen molar-refractivity contribution in [3.05, 3.63) is 41.4 Å². The first-order chi connectivity index (χ1) is 20.3. The highest BCUT2D eigenvalue weighted by atomic mass is 32.1. The number of hydrogen-bond acceptors (Lipinski definition) is 3. The van der Waals surface area contributed by atoms with Gasteiger partial charge in [0, 0.05) is 35.7 Å². The monoisotopic (exact) mass is 580 g/mol. The molecule has 3 heteroatoms. The van der Waals surface area contributed by atoms with Crippen LogP contribution in [0.3, 0.4) is 0 Å². The van der Waals surface area contributed by atoms with Crippen LogP contribution in [0.1, 0.15) is 160 Å². The van der Waals surface area contributed by atoms with Crippen LogP contribution in [0.25, 0.3) is 10.1 Å². The Hall–Kier alpha value is -1.48. The van der Waals surface area contributed by atoms with E-state index in [0.717, 1.165) is 19.4 Å². The average Bonchev–Trinajstić information content (AvgIpc) is 3.41. The zero-order chi connectivity index (χ0) is 28.8. The summed E-state index contributed by atoms with van der Waals surface area (Å²) in [6.45, 7) is 10.0. The fourth-order valence-corrected chi connectivity index (χ4v) is 7.47. The number of hydrogen-bond donors (Lipinski definition) is 1. The number of thiophene rings is 1. The van der Waals surface area contributed by atoms with Crippen LogP contribution in [0.2, 0.25) is 0 Å². The summed E-state index contributed by atoms with van der Waals surface area (Å²) < 4.78 is 1.42. The molecule has 0 atom stereocenters. The Labute approximate surface area is 258 Å². The van der Waals surface area contributed by atoms with Crippen molar-refractivity contribution >= 4 is 27.1 Å². The molecule has 3 rings (SSSR count). The topological polar surface area (TPSA) is 15.3 Å². The molecule has 2 heterocycles. The van der Waals surface area contributed by atoms with E-state index in [0.29, 0.717) is 0 Å². The van der Waals surface area contributed by atoms with Crippen LogP contribution < -0.4 is 10.2 Å². The van der Waals surface area contributed by atoms with Gasteiger partial charge in [-0.3, -0.25) is 0 Å². The van der Waals surface area contributed by atoms with Gasteiger partial charge in [-0.05, 0) is 73.1 Å². The minimum absolute atomic E-state index is 0.998. The second-order valence-corrected chi connectivity index (χ2v) is 13.8. The lowest BCUT2D eigenvalue weighted by molar-refractivity contribution is 0.522. The van der Waals surface area contributed by atoms with Gasteiger partial charge in [0.05, 0.1) is 0 Å². The summed E-state index contributed by atoms with van der Waals surface area (Å²) in [5.41, 5.74) is 4.14. The van der Waals surface area contributed by atoms with Gasteiger partial charge in [-0.2, -0.15) is 0 Å². The maximum absolute atomic E-state index is 4.31. The molecule has 232 valence electrons. The standard InChI is InChI=1S/C38H64N2S/c1-3-4-5-6-7-8-9-10-11-12-13-14-15-16-17-18-19-20-22-25-34(2)39-29-28-35-33-41-38-27-26-36(32-37(35)38)40-30-23-21-24-31-40/h26-27,32-33,39H,2-25,28-31H2,1H3. The molecule has 0 saturated carbocycles. The predicted molar refractivity (Wildman–Crippen MR) is 187 cm³/mol. The minimum atomic E-state index is 0.998. The van der Waals surface area contributed by atoms with Crippen LogP contribution in [0, 0.1) is 0 Å². The Morgan fingerprint density at radius 2 is 1.27 bits per heavy atom. The first-order valence-electron chi connectivity index (χ1n) is 17.9. The quantitative estimate of drug-likeness (QED) is 0.117. The molecule has 2 nitrogen and oxygen atoms in total. The fourth-order valence-electron chi connectivity index (χ4n) is 6.49. The van der Waals surface area contributed by atoms with Gasteiger partial charge in [-0.1, -0.05) is 129 Å². The minimum Gasteiger partial charge on any atom is -0.388 e. The van der Waals surface area contributed by atoms with E-state index in [-0.39, 0.29) is 0 Å². The van der Waals surface area contributed by atoms with Crippen molar-refractivity contribution in [2.75, 3.05) is 24.5 Å². The molecule has 0 aliphatic carbocycles. The zero-order valence-corrected chi connectivity index (χ0v) is 27.8. The van der Waals surface area contributed by atoms with Gasteiger partial charge in [0.1, 0.15) is 0 Å². The summed E-state index contributed by atoms with van der Waals surface area (Å²) in [6.07, 6.45) is 33.5. The summed E-state index contributed by atoms with van der Waals surface area (Å²) in [6, 6.07) is 7.10. The zero-order valence-electron chi connectivity index (χ0n) is 27.0. The largest absolute Gasteiger partial charge is 0.388 e. The van der Waals surface area contributed by atoms with Crippen molar-refractivity contribution in [1.82, 2.24) is 5.32 Å². The van der Waals surface area contributed by atoms with Gasteiger partial charge in [-0.15, -0.1) is 11.3 Å². The molecule has 2 aromatic rings. The van der Waals surface area contributed by atoms with E-state index < -0.39 is 0 Å². The Morgan fingerprint density at radius 1 is 0.732 bits per heavy atom. The lowest BCUT2D eigenvalue weighted by atomic mass is 10.0. The molecule has 0 bridgehead atoms. The van der Waals surface area contributed by atoms with E-state index in [1.54, 1.807) is 0 Å². The number of nitrogens with zero attached hydrogens (tertiary/aromatic N) is 1. The van der Waals surface area contributed by atoms with Crippen molar-refractivity contribution in [3.63, 3.8) is 0 Å². The molecule has 1 saturated heterocycles. The van der Waals surface area contributed by atoms with Crippen molar-refractivity contribution in [2.24, 2.45) is 0 Å². The molecule has 1 fully saturated rings. The van der Waals surface area contributed by atoms with Crippen LogP contribution in [-0.4, -0.2) is 19.6 Å². The second-order valence-electron chi connectivity index (χ2n) is 12.9. The van der Waals surface area contributed by atoms with E-state index in [1.165, 1.54) is 181 Å². The molecule has 1 aromatic carbocycles. The van der Waals surface area contributed by atoms with E-state index in [9.17, 15) is 0 Å². The molecule has 1 aliphatic rings. The van der Waals surface area contributed by atoms with Gasteiger partial charge in [-0.25, -0.2) is 0 Å². The molecular formula is C38H64N2S. The third kappa shape index (κ3) is 14.5. The van der Waals surface area contributed by atoms with E-state index in [4.69, 9.17) is 0 Å². The smallest absolute Gasteiger partial charge is 0.0373 e. The summed E-state index contributed by atoms with van der Waals surface area (Å²) in [5.74, 6) is 0. The van der Waals surface area contributed by atoms with E-state index in [1.807, 2.05) is 11.3 Å². The molecule has 41 heavy (non-hydrogen) atoms. The lowest BCUT2D eigenvalue weighted by Gasteiger charge is -2.28. The summed E-state index contributed by atoms with van der Waals surface area (Å²) in [5, 5.41) is 7.45. The van der Waals surface area contributed by atoms with Gasteiger partial charge >= 0.3 is 0 Å². The van der Waals surface area contributed by atoms with Crippen molar-refractivity contribution in [2.45, 2.75) is 161 Å². The lowest BCUT2D eigenvalue weighted by Crippen LogP contribution is -2.29. The van der Waals surface area contributed by atoms with Crippen LogP contribution in [0.15, 0.2) is 35.9 Å². The van der Waals surface area contributed by atoms with Gasteiger partial charge in [0.2, 0.25) is 0 Å². The number of benzene rings is 1. The Morgan fingerprint density at radius 3 is 1.83 bits per heavy atom. The van der Waals surface area contributed by atoms with E-state index in [2.05, 4.69) is 47.3 Å². The van der Waals surface area contributed by atoms with Crippen LogP contribution in [0.4, 0.5) is 5.69 Å². The molecule has 0 amide bonds. The number of nitrogens with one attached hydrogen (secondary N) is 1. The fraction of sp³-hybridized carbons (Fsp3) is 0.737. The number of unbranched alkanes of at least 4 members (excludes halogenated alkanes) is 18. The number of fused-ring (bicyclic) bond motifs is 1. The first kappa shape index (κ1) is 34.0. The highest BCUT2D eigenvalue weighted by Crippen LogP contribution is 2.31. The SMILES string of the molecule is C=C(CCCCCCCCCCCCCCCCCCCCC)NCCc1csc2ccc(N3CCCCC3)cc12. The molecule has 0 spiro atoms. The first-order valence-corrected chi connectivity index (χ1v) is 18.8. The van der Waals surface area contributed by atoms with Crippen LogP contribution in [-0.2, 0) is 6.42 Å². The molecule has 0 radical (unpaired) electrons. The maximum Gasteiger partial charge on any atom is 0.0373 e. The van der Waals surface area contributed by atoms with Gasteiger partial charge in [0.15, 0.2) is 0 Å². The highest BCUT2D eigenvalue weighted by molar-refractivity contribution is 7.17. The summed E-state index contributed by atoms with van der Waals surface area (Å²) in [7, 11) is 0. The van der Waals surface area contributed by atoms with Crippen molar-refractivity contribution < 1.29 is 0 Å². The van der Waals surface area contributed by atoms with Gasteiger partial charge in [0.25, 0.3) is 0 Å². The Bertz CT molecular complexity index is 925. The normalized spacial score (nSPS) is 13.7. The molecule has 0 unspecified atom stereocenters. The Balaban J connectivity index is 1.10. The van der Waals surface area contributed by atoms with Crippen molar-refractivity contribution in [3.8, 4) is 0 Å². The van der Waals surface area contributed by atoms with Crippen molar-refractivity contribution in [1.29, 1.82) is 0 Å². The third-order valence-corrected chi connectivity index (χ3v) is 10.2. The van der Waals surface area contributed by atoms with Gasteiger partial charge < -0.3 is 10.2 Å². The van der Waals surface area contributed by atoms with Crippen LogP contribution in [0.5, 0.6) is 0 Å². The third-order valence-electron chi connectivity index (χ3n) is 9.21. The second kappa shape index (κ2) is 22.1. The average molecular weight is 581 g/mol. The summed E-state index contributed by atoms with van der Waals surface area (Å²) in [4.78, 5) is 2.57. The molecule has 1 N–H and O–H groups in total. The predicted octanol–water partition coefficient (Wildman–Crippen LogP) is 12.4. The molecule has 1 aliphatic heterocycles. The number of allylic oxidation sites excluding steroid dienone is 1. The number of rotatable bonds is 25. The number of piperidine rings is 1. The molecular weight excluding hydrogens is 516 g/mol. The molecule has 1 aromatic heterocycles.